The quantitative estimate of drug-likeness (QED) is 0.425. The Bertz CT molecular complexity index is 989. The molecule has 1 fully saturated rings. The van der Waals surface area contributed by atoms with Gasteiger partial charge in [0.25, 0.3) is 5.22 Å². The van der Waals surface area contributed by atoms with Gasteiger partial charge in [-0.15, -0.1) is 0 Å². The zero-order valence-corrected chi connectivity index (χ0v) is 16.9. The molecule has 1 aromatic carbocycles. The van der Waals surface area contributed by atoms with Crippen molar-refractivity contribution in [3.8, 4) is 0 Å². The standard InChI is InChI=1S/C20H21ClN2O3S/c1-12-8-16(13(2)23(12)10-15-4-3-7-25-15)18(24)11-27-20-22-17-6-5-14(21)9-19(17)26-20/h5-6,8-9,15H,3-4,7,10-11H2,1-2H3/t15-/m0/s1. The lowest BCUT2D eigenvalue weighted by Gasteiger charge is -2.14. The first-order valence-electron chi connectivity index (χ1n) is 9.01. The first kappa shape index (κ1) is 18.6. The summed E-state index contributed by atoms with van der Waals surface area (Å²) in [5.74, 6) is 0.358. The Hall–Kier alpha value is -1.76. The molecular formula is C20H21ClN2O3S. The zero-order chi connectivity index (χ0) is 19.0. The number of thioether (sulfide) groups is 1. The maximum absolute atomic E-state index is 12.8. The van der Waals surface area contributed by atoms with Gasteiger partial charge in [0.2, 0.25) is 0 Å². The van der Waals surface area contributed by atoms with E-state index < -0.39 is 0 Å². The van der Waals surface area contributed by atoms with E-state index in [1.165, 1.54) is 11.8 Å². The summed E-state index contributed by atoms with van der Waals surface area (Å²) < 4.78 is 13.6. The van der Waals surface area contributed by atoms with Crippen LogP contribution in [0.4, 0.5) is 0 Å². The van der Waals surface area contributed by atoms with Crippen molar-refractivity contribution in [2.45, 2.75) is 44.6 Å². The molecule has 0 spiro atoms. The lowest BCUT2D eigenvalue weighted by molar-refractivity contribution is 0.0957. The third-order valence-electron chi connectivity index (χ3n) is 4.94. The monoisotopic (exact) mass is 404 g/mol. The normalized spacial score (nSPS) is 17.1. The second-order valence-electron chi connectivity index (χ2n) is 6.83. The van der Waals surface area contributed by atoms with Crippen molar-refractivity contribution in [2.75, 3.05) is 12.4 Å². The number of aromatic nitrogens is 2. The summed E-state index contributed by atoms with van der Waals surface area (Å²) in [4.78, 5) is 17.2. The summed E-state index contributed by atoms with van der Waals surface area (Å²) in [6.45, 7) is 5.68. The second kappa shape index (κ2) is 7.70. The minimum atomic E-state index is 0.0759. The van der Waals surface area contributed by atoms with Crippen LogP contribution in [0.15, 0.2) is 33.9 Å². The lowest BCUT2D eigenvalue weighted by Crippen LogP contribution is -2.17. The number of halogens is 1. The number of carbonyl (C=O) groups excluding carboxylic acids is 1. The number of fused-ring (bicyclic) bond motifs is 1. The van der Waals surface area contributed by atoms with E-state index in [0.29, 0.717) is 15.8 Å². The molecule has 4 rings (SSSR count). The number of rotatable bonds is 6. The Labute approximate surface area is 167 Å². The van der Waals surface area contributed by atoms with E-state index in [1.54, 1.807) is 12.1 Å². The van der Waals surface area contributed by atoms with Crippen molar-refractivity contribution in [1.82, 2.24) is 9.55 Å². The van der Waals surface area contributed by atoms with E-state index in [-0.39, 0.29) is 17.6 Å². The number of hydrogen-bond acceptors (Lipinski definition) is 5. The van der Waals surface area contributed by atoms with Gasteiger partial charge in [0.15, 0.2) is 11.4 Å². The van der Waals surface area contributed by atoms with Gasteiger partial charge >= 0.3 is 0 Å². The highest BCUT2D eigenvalue weighted by molar-refractivity contribution is 7.99. The van der Waals surface area contributed by atoms with Crippen molar-refractivity contribution in [1.29, 1.82) is 0 Å². The Morgan fingerprint density at radius 2 is 2.22 bits per heavy atom. The number of ketones is 1. The SMILES string of the molecule is Cc1cc(C(=O)CSc2nc3ccc(Cl)cc3o2)c(C)n1C[C@@H]1CCCO1. The molecule has 1 aliphatic rings. The molecule has 5 nitrogen and oxygen atoms in total. The van der Waals surface area contributed by atoms with Crippen LogP contribution in [0, 0.1) is 13.8 Å². The molecule has 0 aliphatic carbocycles. The highest BCUT2D eigenvalue weighted by atomic mass is 35.5. The Balaban J connectivity index is 1.45. The van der Waals surface area contributed by atoms with E-state index in [9.17, 15) is 4.79 Å². The summed E-state index contributed by atoms with van der Waals surface area (Å²) in [5.41, 5.74) is 4.22. The summed E-state index contributed by atoms with van der Waals surface area (Å²) in [6.07, 6.45) is 2.44. The number of aryl methyl sites for hydroxylation is 1. The molecule has 0 unspecified atom stereocenters. The van der Waals surface area contributed by atoms with Crippen LogP contribution in [0.2, 0.25) is 5.02 Å². The lowest BCUT2D eigenvalue weighted by atomic mass is 10.2. The maximum atomic E-state index is 12.8. The molecule has 3 aromatic rings. The van der Waals surface area contributed by atoms with Crippen LogP contribution in [-0.4, -0.2) is 33.8 Å². The first-order chi connectivity index (χ1) is 13.0. The average Bonchev–Trinajstić information content (AvgIpc) is 3.35. The van der Waals surface area contributed by atoms with Crippen molar-refractivity contribution in [2.24, 2.45) is 0 Å². The molecule has 0 saturated carbocycles. The van der Waals surface area contributed by atoms with E-state index >= 15 is 0 Å². The third kappa shape index (κ3) is 3.93. The fourth-order valence-corrected chi connectivity index (χ4v) is 4.38. The smallest absolute Gasteiger partial charge is 0.257 e. The molecule has 27 heavy (non-hydrogen) atoms. The van der Waals surface area contributed by atoms with Crippen LogP contribution in [0.3, 0.4) is 0 Å². The van der Waals surface area contributed by atoms with Crippen molar-refractivity contribution in [3.05, 3.63) is 46.2 Å². The summed E-state index contributed by atoms with van der Waals surface area (Å²) in [7, 11) is 0. The Morgan fingerprint density at radius 1 is 1.37 bits per heavy atom. The Morgan fingerprint density at radius 3 is 3.00 bits per heavy atom. The van der Waals surface area contributed by atoms with E-state index in [0.717, 1.165) is 48.5 Å². The van der Waals surface area contributed by atoms with Gasteiger partial charge in [-0.25, -0.2) is 4.98 Å². The van der Waals surface area contributed by atoms with Crippen LogP contribution in [0.1, 0.15) is 34.6 Å². The van der Waals surface area contributed by atoms with Gasteiger partial charge in [-0.1, -0.05) is 23.4 Å². The molecule has 3 heterocycles. The van der Waals surface area contributed by atoms with E-state index in [1.807, 2.05) is 26.0 Å². The van der Waals surface area contributed by atoms with Crippen LogP contribution in [-0.2, 0) is 11.3 Å². The minimum absolute atomic E-state index is 0.0759. The molecule has 0 radical (unpaired) electrons. The van der Waals surface area contributed by atoms with Gasteiger partial charge in [-0.2, -0.15) is 0 Å². The molecule has 1 saturated heterocycles. The number of ether oxygens (including phenoxy) is 1. The molecule has 7 heteroatoms. The highest BCUT2D eigenvalue weighted by Crippen LogP contribution is 2.27. The zero-order valence-electron chi connectivity index (χ0n) is 15.3. The summed E-state index contributed by atoms with van der Waals surface area (Å²) in [5, 5.41) is 1.08. The third-order valence-corrected chi connectivity index (χ3v) is 6.01. The fourth-order valence-electron chi connectivity index (χ4n) is 3.50. The fraction of sp³-hybridized carbons (Fsp3) is 0.400. The first-order valence-corrected chi connectivity index (χ1v) is 10.4. The molecule has 1 aliphatic heterocycles. The number of benzene rings is 1. The van der Waals surface area contributed by atoms with Gasteiger partial charge in [0.1, 0.15) is 5.52 Å². The number of hydrogen-bond donors (Lipinski definition) is 0. The molecular weight excluding hydrogens is 384 g/mol. The van der Waals surface area contributed by atoms with Crippen molar-refractivity contribution < 1.29 is 13.9 Å². The number of Topliss-reactive ketones (excluding diaryl/α,β-unsaturated/α-hetero) is 1. The van der Waals surface area contributed by atoms with Crippen LogP contribution >= 0.6 is 23.4 Å². The molecule has 2 aromatic heterocycles. The molecule has 142 valence electrons. The Kier molecular flexibility index (Phi) is 5.30. The predicted octanol–water partition coefficient (Wildman–Crippen LogP) is 5.05. The number of carbonyl (C=O) groups is 1. The van der Waals surface area contributed by atoms with E-state index in [2.05, 4.69) is 9.55 Å². The van der Waals surface area contributed by atoms with Gasteiger partial charge in [-0.3, -0.25) is 4.79 Å². The molecule has 0 amide bonds. The second-order valence-corrected chi connectivity index (χ2v) is 8.20. The molecule has 1 atom stereocenters. The van der Waals surface area contributed by atoms with Gasteiger partial charge in [-0.05, 0) is 44.9 Å². The van der Waals surface area contributed by atoms with Crippen LogP contribution in [0.5, 0.6) is 0 Å². The topological polar surface area (TPSA) is 57.3 Å². The molecule has 0 N–H and O–H groups in total. The number of oxazole rings is 1. The summed E-state index contributed by atoms with van der Waals surface area (Å²) >= 11 is 7.28. The summed E-state index contributed by atoms with van der Waals surface area (Å²) in [6, 6.07) is 7.29. The van der Waals surface area contributed by atoms with Crippen molar-refractivity contribution in [3.63, 3.8) is 0 Å². The van der Waals surface area contributed by atoms with Crippen LogP contribution < -0.4 is 0 Å². The van der Waals surface area contributed by atoms with Gasteiger partial charge in [0, 0.05) is 41.2 Å². The minimum Gasteiger partial charge on any atom is -0.431 e. The highest BCUT2D eigenvalue weighted by Gasteiger charge is 2.21. The number of nitrogens with zero attached hydrogens (tertiary/aromatic N) is 2. The van der Waals surface area contributed by atoms with Gasteiger partial charge < -0.3 is 13.7 Å². The van der Waals surface area contributed by atoms with E-state index in [4.69, 9.17) is 20.8 Å². The maximum Gasteiger partial charge on any atom is 0.257 e. The van der Waals surface area contributed by atoms with Gasteiger partial charge in [0.05, 0.1) is 11.9 Å². The molecule has 0 bridgehead atoms. The van der Waals surface area contributed by atoms with Crippen molar-refractivity contribution >= 4 is 40.2 Å². The predicted molar refractivity (Wildman–Crippen MR) is 107 cm³/mol. The van der Waals surface area contributed by atoms with Crippen LogP contribution in [0.25, 0.3) is 11.1 Å². The largest absolute Gasteiger partial charge is 0.431 e. The average molecular weight is 405 g/mol.